The molecule has 2 aliphatic heterocycles. The minimum atomic E-state index is -0.370. The molecule has 114 heavy (non-hydrogen) atoms. The maximum atomic E-state index is 5.13. The van der Waals surface area contributed by atoms with Crippen molar-refractivity contribution in [1.82, 2.24) is 29.9 Å². The van der Waals surface area contributed by atoms with E-state index in [0.29, 0.717) is 34.9 Å². The molecular formula is C102H64N8S4. The maximum absolute atomic E-state index is 5.13. The Kier molecular flexibility index (Phi) is 16.3. The summed E-state index contributed by atoms with van der Waals surface area (Å²) < 4.78 is 0. The molecule has 0 radical (unpaired) electrons. The number of fused-ring (bicyclic) bond motifs is 18. The van der Waals surface area contributed by atoms with Gasteiger partial charge < -0.3 is 9.80 Å². The van der Waals surface area contributed by atoms with E-state index in [0.717, 1.165) is 61.4 Å². The van der Waals surface area contributed by atoms with Crippen molar-refractivity contribution < 1.29 is 0 Å². The molecule has 0 N–H and O–H groups in total. The second-order valence-electron chi connectivity index (χ2n) is 28.8. The zero-order chi connectivity index (χ0) is 75.3. The molecule has 0 saturated carbocycles. The average Bonchev–Trinajstić information content (AvgIpc) is 1.50. The van der Waals surface area contributed by atoms with Crippen molar-refractivity contribution in [3.05, 3.63) is 430 Å². The van der Waals surface area contributed by atoms with Gasteiger partial charge in [-0.05, 0) is 196 Å². The molecule has 536 valence electrons. The van der Waals surface area contributed by atoms with Gasteiger partial charge in [-0.1, -0.05) is 267 Å². The Morgan fingerprint density at radius 1 is 0.167 bits per heavy atom. The first-order valence-corrected chi connectivity index (χ1v) is 41.6. The molecule has 0 amide bonds. The Hall–Kier alpha value is -13.7. The maximum Gasteiger partial charge on any atom is 0.164 e. The third-order valence-corrected chi connectivity index (χ3v) is 26.7. The van der Waals surface area contributed by atoms with E-state index in [1.807, 2.05) is 93.9 Å². The van der Waals surface area contributed by atoms with Crippen molar-refractivity contribution in [3.63, 3.8) is 0 Å². The predicted molar refractivity (Wildman–Crippen MR) is 471 cm³/mol. The van der Waals surface area contributed by atoms with Gasteiger partial charge in [-0.25, -0.2) is 29.9 Å². The highest BCUT2D eigenvalue weighted by atomic mass is 32.1. The lowest BCUT2D eigenvalue weighted by Gasteiger charge is -2.44. The highest BCUT2D eigenvalue weighted by molar-refractivity contribution is 7.21. The second kappa shape index (κ2) is 27.6. The van der Waals surface area contributed by atoms with E-state index in [9.17, 15) is 0 Å². The first kappa shape index (κ1) is 67.2. The van der Waals surface area contributed by atoms with Crippen LogP contribution in [0.15, 0.2) is 386 Å². The molecule has 12 heteroatoms. The summed E-state index contributed by atoms with van der Waals surface area (Å²) in [5, 5.41) is 9.01. The zero-order valence-corrected chi connectivity index (χ0v) is 64.4. The Bertz CT molecular complexity index is 6560. The Balaban J connectivity index is 0.000000140. The van der Waals surface area contributed by atoms with Gasteiger partial charge in [0.2, 0.25) is 0 Å². The fraction of sp³-hybridized carbons (Fsp3) is 0.0196. The fourth-order valence-electron chi connectivity index (χ4n) is 17.6. The molecular weight excluding hydrogens is 1470 g/mol. The van der Waals surface area contributed by atoms with Gasteiger partial charge in [-0.2, -0.15) is 0 Å². The number of hydrogen-bond donors (Lipinski definition) is 0. The van der Waals surface area contributed by atoms with Crippen LogP contribution in [0.1, 0.15) is 44.5 Å². The Morgan fingerprint density at radius 3 is 0.596 bits per heavy atom. The van der Waals surface area contributed by atoms with Gasteiger partial charge in [-0.15, -0.1) is 45.3 Å². The highest BCUT2D eigenvalue weighted by Crippen LogP contribution is 2.67. The predicted octanol–water partition coefficient (Wildman–Crippen LogP) is 27.3. The minimum absolute atomic E-state index is 0.358. The van der Waals surface area contributed by atoms with Gasteiger partial charge in [0.1, 0.15) is 0 Å². The molecule has 0 unspecified atom stereocenters. The summed E-state index contributed by atoms with van der Waals surface area (Å²) in [6.07, 6.45) is 0. The van der Waals surface area contributed by atoms with Crippen LogP contribution in [0, 0.1) is 0 Å². The lowest BCUT2D eigenvalue weighted by Crippen LogP contribution is -2.35. The van der Waals surface area contributed by atoms with Crippen molar-refractivity contribution in [1.29, 1.82) is 0 Å². The summed E-state index contributed by atoms with van der Waals surface area (Å²) in [6, 6.07) is 129. The summed E-state index contributed by atoms with van der Waals surface area (Å²) >= 11 is 7.41. The molecule has 2 spiro atoms. The van der Waals surface area contributed by atoms with E-state index in [1.54, 1.807) is 0 Å². The first-order valence-electron chi connectivity index (χ1n) is 38.1. The summed E-state index contributed by atoms with van der Waals surface area (Å²) in [5.41, 5.74) is 29.5. The molecule has 0 atom stereocenters. The first-order chi connectivity index (χ1) is 56.5. The molecule has 0 saturated heterocycles. The van der Waals surface area contributed by atoms with Crippen molar-refractivity contribution in [3.8, 4) is 121 Å². The van der Waals surface area contributed by atoms with Gasteiger partial charge in [0, 0.05) is 64.3 Å². The molecule has 4 aliphatic rings. The number of anilines is 6. The number of thiophene rings is 4. The van der Waals surface area contributed by atoms with Crippen LogP contribution in [0.4, 0.5) is 34.1 Å². The van der Waals surface area contributed by atoms with Crippen LogP contribution in [0.5, 0.6) is 0 Å². The van der Waals surface area contributed by atoms with Crippen molar-refractivity contribution in [2.45, 2.75) is 10.8 Å². The van der Waals surface area contributed by atoms with Gasteiger partial charge in [0.05, 0.1) is 33.6 Å². The lowest BCUT2D eigenvalue weighted by atomic mass is 9.65. The van der Waals surface area contributed by atoms with E-state index in [1.165, 1.54) is 103 Å². The summed E-state index contributed by atoms with van der Waals surface area (Å²) in [6.45, 7) is 0. The van der Waals surface area contributed by atoms with E-state index < -0.39 is 0 Å². The van der Waals surface area contributed by atoms with Gasteiger partial charge in [-0.3, -0.25) is 0 Å². The monoisotopic (exact) mass is 1530 g/mol. The summed E-state index contributed by atoms with van der Waals surface area (Å²) in [4.78, 5) is 40.8. The van der Waals surface area contributed by atoms with Crippen molar-refractivity contribution in [2.75, 3.05) is 9.80 Å². The van der Waals surface area contributed by atoms with E-state index in [2.05, 4.69) is 347 Å². The number of rotatable bonds is 11. The highest BCUT2D eigenvalue weighted by Gasteiger charge is 2.54. The van der Waals surface area contributed by atoms with E-state index in [4.69, 9.17) is 29.9 Å². The number of hydrogen-bond acceptors (Lipinski definition) is 12. The van der Waals surface area contributed by atoms with Crippen LogP contribution in [-0.2, 0) is 10.8 Å². The van der Waals surface area contributed by atoms with Crippen LogP contribution in [0.25, 0.3) is 121 Å². The topological polar surface area (TPSA) is 83.8 Å². The number of aromatic nitrogens is 6. The van der Waals surface area contributed by atoms with Crippen LogP contribution < -0.4 is 9.80 Å². The molecule has 2 aliphatic carbocycles. The molecule has 8 nitrogen and oxygen atoms in total. The van der Waals surface area contributed by atoms with Crippen LogP contribution in [0.2, 0.25) is 0 Å². The largest absolute Gasteiger partial charge is 0.310 e. The number of nitrogens with zero attached hydrogens (tertiary/aromatic N) is 8. The smallest absolute Gasteiger partial charge is 0.164 e. The quantitative estimate of drug-likeness (QED) is 0.127. The van der Waals surface area contributed by atoms with E-state index >= 15 is 0 Å². The van der Waals surface area contributed by atoms with Gasteiger partial charge in [0.25, 0.3) is 0 Å². The normalized spacial score (nSPS) is 13.2. The fourth-order valence-corrected chi connectivity index (χ4v) is 21.8. The molecule has 13 aromatic carbocycles. The standard InChI is InChI=1S/C54H34N4S2.C48H30N4S2/c1-3-11-35(12-4-1)37-19-23-39(24-20-37)51-55-52(40-25-21-38(22-26-40)36-13-5-2-6-14-36)57-53(56-51)41-27-29-42(30-28-41)58-47-17-9-7-15-43(47)54(44-16-8-10-18-48(44)58)45-31-33-59-49(45)50-46(54)32-34-60-50;1-3-11-31(12-4-1)32-19-21-34(22-20-32)46-49-45(33-13-5-2-6-14-33)50-47(51-46)35-23-25-36(26-24-35)52-41-17-9-7-15-37(41)48(38-16-8-10-18-42(38)52)39-27-29-53-43(39)44-40(48)28-30-54-44/h1-34H;1-30H. The molecule has 0 fully saturated rings. The van der Waals surface area contributed by atoms with Crippen LogP contribution in [-0.4, -0.2) is 29.9 Å². The Morgan fingerprint density at radius 2 is 0.351 bits per heavy atom. The second-order valence-corrected chi connectivity index (χ2v) is 32.5. The molecule has 19 aromatic rings. The molecule has 8 heterocycles. The molecule has 23 rings (SSSR count). The molecule has 6 aromatic heterocycles. The van der Waals surface area contributed by atoms with E-state index in [-0.39, 0.29) is 10.8 Å². The van der Waals surface area contributed by atoms with Crippen LogP contribution in [0.3, 0.4) is 0 Å². The van der Waals surface area contributed by atoms with Crippen molar-refractivity contribution in [2.24, 2.45) is 0 Å². The lowest BCUT2D eigenvalue weighted by molar-refractivity contribution is 0.756. The number of benzene rings is 13. The zero-order valence-electron chi connectivity index (χ0n) is 61.2. The third-order valence-electron chi connectivity index (χ3n) is 22.7. The average molecular weight is 1530 g/mol. The summed E-state index contributed by atoms with van der Waals surface area (Å²) in [7, 11) is 0. The van der Waals surface area contributed by atoms with Gasteiger partial charge >= 0.3 is 0 Å². The summed E-state index contributed by atoms with van der Waals surface area (Å²) in [5.74, 6) is 3.81. The van der Waals surface area contributed by atoms with Crippen molar-refractivity contribution >= 4 is 79.5 Å². The Labute approximate surface area is 676 Å². The SMILES string of the molecule is c1ccc(-c2ccc(-c3nc(-c4ccc(-c5ccccc5)cc4)nc(-c4ccc(N5c6ccccc6C6(c7ccccc75)c5ccsc5-c5sccc56)cc4)n3)cc2)cc1.c1ccc(-c2ccc(-c3nc(-c4ccccc4)nc(-c4ccc(N5c6ccccc6C6(c7ccccc75)c5ccsc5-c5sccc56)cc4)n3)cc2)cc1. The third kappa shape index (κ3) is 10.9. The number of para-hydroxylation sites is 4. The van der Waals surface area contributed by atoms with Gasteiger partial charge in [0.15, 0.2) is 34.9 Å². The molecule has 0 bridgehead atoms. The minimum Gasteiger partial charge on any atom is -0.310 e. The van der Waals surface area contributed by atoms with Crippen LogP contribution >= 0.6 is 45.3 Å².